The number of hydrogen-bond acceptors (Lipinski definition) is 6. The molecule has 2 aromatic rings. The number of piperidine rings is 1. The Morgan fingerprint density at radius 3 is 3.00 bits per heavy atom. The van der Waals surface area contributed by atoms with E-state index in [2.05, 4.69) is 27.1 Å². The topological polar surface area (TPSA) is 97.1 Å². The molecule has 0 aromatic carbocycles. The highest BCUT2D eigenvalue weighted by molar-refractivity contribution is 7.89. The number of aryl methyl sites for hydroxylation is 1. The number of fused-ring (bicyclic) bond motifs is 1. The van der Waals surface area contributed by atoms with Crippen molar-refractivity contribution < 1.29 is 12.9 Å². The molecule has 23 heavy (non-hydrogen) atoms. The first-order chi connectivity index (χ1) is 10.9. The zero-order chi connectivity index (χ0) is 16.5. The fourth-order valence-electron chi connectivity index (χ4n) is 2.88. The summed E-state index contributed by atoms with van der Waals surface area (Å²) < 4.78 is 32.9. The molecule has 0 saturated carbocycles. The van der Waals surface area contributed by atoms with Crippen molar-refractivity contribution in [3.8, 4) is 0 Å². The minimum absolute atomic E-state index is 0.0609. The number of rotatable bonds is 5. The van der Waals surface area contributed by atoms with Gasteiger partial charge >= 0.3 is 0 Å². The molecular formula is C15H22N4O3S. The summed E-state index contributed by atoms with van der Waals surface area (Å²) in [6, 6.07) is 1.58. The molecule has 1 aliphatic rings. The normalized spacial score (nSPS) is 22.5. The smallest absolute Gasteiger partial charge is 0.258 e. The third-order valence-corrected chi connectivity index (χ3v) is 5.77. The van der Waals surface area contributed by atoms with Crippen molar-refractivity contribution in [2.24, 2.45) is 5.41 Å². The predicted molar refractivity (Wildman–Crippen MR) is 86.6 cm³/mol. The summed E-state index contributed by atoms with van der Waals surface area (Å²) in [5, 5.41) is 7.88. The number of hydrogen-bond donors (Lipinski definition) is 2. The van der Waals surface area contributed by atoms with Crippen LogP contribution in [0.15, 0.2) is 21.7 Å². The summed E-state index contributed by atoms with van der Waals surface area (Å²) in [6.07, 6.45) is 4.05. The zero-order valence-electron chi connectivity index (χ0n) is 13.4. The average Bonchev–Trinajstić information content (AvgIpc) is 2.96. The molecule has 0 bridgehead atoms. The Labute approximate surface area is 135 Å². The minimum Gasteiger partial charge on any atom is -0.336 e. The predicted octanol–water partition coefficient (Wildman–Crippen LogP) is 1.45. The molecule has 126 valence electrons. The first-order valence-electron chi connectivity index (χ1n) is 7.88. The first kappa shape index (κ1) is 16.4. The summed E-state index contributed by atoms with van der Waals surface area (Å²) in [5.74, 6) is 0. The van der Waals surface area contributed by atoms with Crippen molar-refractivity contribution in [2.45, 2.75) is 38.0 Å². The van der Waals surface area contributed by atoms with Crippen LogP contribution in [-0.4, -0.2) is 38.2 Å². The molecule has 1 aliphatic heterocycles. The van der Waals surface area contributed by atoms with Gasteiger partial charge in [-0.3, -0.25) is 0 Å². The van der Waals surface area contributed by atoms with Gasteiger partial charge in [-0.1, -0.05) is 19.0 Å². The third-order valence-electron chi connectivity index (χ3n) is 4.40. The van der Waals surface area contributed by atoms with E-state index in [-0.39, 0.29) is 10.3 Å². The van der Waals surface area contributed by atoms with Gasteiger partial charge in [0.05, 0.1) is 17.3 Å². The van der Waals surface area contributed by atoms with Crippen molar-refractivity contribution in [3.05, 3.63) is 18.0 Å². The fourth-order valence-corrected chi connectivity index (χ4v) is 4.05. The lowest BCUT2D eigenvalue weighted by Gasteiger charge is -2.34. The molecule has 1 fully saturated rings. The summed E-state index contributed by atoms with van der Waals surface area (Å²) in [6.45, 7) is 6.26. The summed E-state index contributed by atoms with van der Waals surface area (Å²) >= 11 is 0. The molecule has 0 spiro atoms. The largest absolute Gasteiger partial charge is 0.336 e. The van der Waals surface area contributed by atoms with Crippen molar-refractivity contribution in [1.82, 2.24) is 20.2 Å². The highest BCUT2D eigenvalue weighted by Crippen LogP contribution is 2.25. The molecule has 0 aliphatic carbocycles. The van der Waals surface area contributed by atoms with Crippen molar-refractivity contribution in [2.75, 3.05) is 19.6 Å². The quantitative estimate of drug-likeness (QED) is 0.856. The van der Waals surface area contributed by atoms with Crippen LogP contribution in [0.5, 0.6) is 0 Å². The molecule has 0 amide bonds. The van der Waals surface area contributed by atoms with Gasteiger partial charge in [-0.05, 0) is 37.3 Å². The second-order valence-corrected chi connectivity index (χ2v) is 8.19. The molecular weight excluding hydrogens is 316 g/mol. The van der Waals surface area contributed by atoms with Crippen LogP contribution in [0.1, 0.15) is 32.4 Å². The molecule has 1 saturated heterocycles. The number of nitrogens with one attached hydrogen (secondary N) is 2. The Balaban J connectivity index is 1.81. The summed E-state index contributed by atoms with van der Waals surface area (Å²) in [7, 11) is -3.60. The van der Waals surface area contributed by atoms with E-state index < -0.39 is 10.0 Å². The highest BCUT2D eigenvalue weighted by Gasteiger charge is 2.29. The van der Waals surface area contributed by atoms with E-state index in [4.69, 9.17) is 4.52 Å². The number of aromatic nitrogens is 2. The Morgan fingerprint density at radius 1 is 1.48 bits per heavy atom. The number of nitrogens with zero attached hydrogens (tertiary/aromatic N) is 2. The molecule has 8 heteroatoms. The average molecular weight is 338 g/mol. The van der Waals surface area contributed by atoms with E-state index in [9.17, 15) is 8.42 Å². The van der Waals surface area contributed by atoms with Gasteiger partial charge in [0.1, 0.15) is 4.90 Å². The molecule has 1 unspecified atom stereocenters. The van der Waals surface area contributed by atoms with E-state index in [0.29, 0.717) is 29.8 Å². The molecule has 0 radical (unpaired) electrons. The van der Waals surface area contributed by atoms with Crippen molar-refractivity contribution >= 4 is 21.1 Å². The summed E-state index contributed by atoms with van der Waals surface area (Å²) in [5.41, 5.74) is 1.02. The lowest BCUT2D eigenvalue weighted by atomic mass is 9.83. The van der Waals surface area contributed by atoms with Crippen LogP contribution in [0.2, 0.25) is 0 Å². The van der Waals surface area contributed by atoms with E-state index >= 15 is 0 Å². The highest BCUT2D eigenvalue weighted by atomic mass is 32.2. The Morgan fingerprint density at radius 2 is 2.30 bits per heavy atom. The van der Waals surface area contributed by atoms with Crippen LogP contribution in [-0.2, 0) is 16.4 Å². The maximum absolute atomic E-state index is 12.6. The zero-order valence-corrected chi connectivity index (χ0v) is 14.2. The fraction of sp³-hybridized carbons (Fsp3) is 0.600. The van der Waals surface area contributed by atoms with Gasteiger partial charge in [-0.25, -0.2) is 18.1 Å². The lowest BCUT2D eigenvalue weighted by Crippen LogP contribution is -2.45. The van der Waals surface area contributed by atoms with Crippen LogP contribution in [0, 0.1) is 5.41 Å². The summed E-state index contributed by atoms with van der Waals surface area (Å²) in [4.78, 5) is 4.22. The minimum atomic E-state index is -3.60. The van der Waals surface area contributed by atoms with Gasteiger partial charge < -0.3 is 9.84 Å². The maximum atomic E-state index is 12.6. The van der Waals surface area contributed by atoms with Gasteiger partial charge in [-0.2, -0.15) is 0 Å². The van der Waals surface area contributed by atoms with Crippen molar-refractivity contribution in [1.29, 1.82) is 0 Å². The van der Waals surface area contributed by atoms with Gasteiger partial charge in [-0.15, -0.1) is 0 Å². The second-order valence-electron chi connectivity index (χ2n) is 6.42. The molecule has 2 N–H and O–H groups in total. The van der Waals surface area contributed by atoms with E-state index in [0.717, 1.165) is 25.9 Å². The van der Waals surface area contributed by atoms with Crippen LogP contribution in [0.4, 0.5) is 0 Å². The standard InChI is InChI=1S/C15H22N4O3S/c1-3-13-12-7-11(8-17-14(12)22-19-13)23(20,21)18-10-15(2)5-4-6-16-9-15/h7-8,16,18H,3-6,9-10H2,1-2H3. The Kier molecular flexibility index (Phi) is 4.39. The molecule has 7 nitrogen and oxygen atoms in total. The Hall–Kier alpha value is -1.51. The van der Waals surface area contributed by atoms with Crippen LogP contribution in [0.3, 0.4) is 0 Å². The molecule has 3 heterocycles. The van der Waals surface area contributed by atoms with Gasteiger partial charge in [0.15, 0.2) is 0 Å². The molecule has 2 aromatic heterocycles. The monoisotopic (exact) mass is 338 g/mol. The maximum Gasteiger partial charge on any atom is 0.258 e. The van der Waals surface area contributed by atoms with Crippen molar-refractivity contribution in [3.63, 3.8) is 0 Å². The van der Waals surface area contributed by atoms with Gasteiger partial charge in [0.2, 0.25) is 10.0 Å². The van der Waals surface area contributed by atoms with Crippen LogP contribution in [0.25, 0.3) is 11.1 Å². The Bertz CT molecular complexity index is 794. The third kappa shape index (κ3) is 3.39. The SMILES string of the molecule is CCc1noc2ncc(S(=O)(=O)NCC3(C)CCCNC3)cc12. The second kappa shape index (κ2) is 6.18. The molecule has 3 rings (SSSR count). The van der Waals surface area contributed by atoms with Crippen LogP contribution < -0.4 is 10.0 Å². The van der Waals surface area contributed by atoms with Crippen LogP contribution >= 0.6 is 0 Å². The number of pyridine rings is 1. The lowest BCUT2D eigenvalue weighted by molar-refractivity contribution is 0.238. The van der Waals surface area contributed by atoms with E-state index in [1.807, 2.05) is 6.92 Å². The number of sulfonamides is 1. The first-order valence-corrected chi connectivity index (χ1v) is 9.36. The van der Waals surface area contributed by atoms with E-state index in [1.165, 1.54) is 6.20 Å². The molecule has 1 atom stereocenters. The van der Waals surface area contributed by atoms with E-state index in [1.54, 1.807) is 6.07 Å². The van der Waals surface area contributed by atoms with Gasteiger partial charge in [0, 0.05) is 13.1 Å². The van der Waals surface area contributed by atoms with Gasteiger partial charge in [0.25, 0.3) is 5.71 Å².